The first-order chi connectivity index (χ1) is 14.9. The van der Waals surface area contributed by atoms with Gasteiger partial charge in [0.05, 0.1) is 34.5 Å². The summed E-state index contributed by atoms with van der Waals surface area (Å²) in [6.07, 6.45) is 3.03. The van der Waals surface area contributed by atoms with Gasteiger partial charge in [-0.25, -0.2) is 9.97 Å². The second kappa shape index (κ2) is 9.80. The van der Waals surface area contributed by atoms with Gasteiger partial charge in [-0.3, -0.25) is 9.59 Å². The molecule has 8 nitrogen and oxygen atoms in total. The van der Waals surface area contributed by atoms with Gasteiger partial charge in [-0.2, -0.15) is 0 Å². The number of halogens is 2. The van der Waals surface area contributed by atoms with Crippen LogP contribution in [0.4, 0.5) is 11.5 Å². The van der Waals surface area contributed by atoms with Gasteiger partial charge < -0.3 is 21.1 Å². The van der Waals surface area contributed by atoms with Gasteiger partial charge in [0.25, 0.3) is 11.8 Å². The SMILES string of the molecule is CCCCNC(=O)c1cc(OC)c(Cl)c(NC(=O)c2cccc3c(N)ncnc23)c1Cl. The van der Waals surface area contributed by atoms with Gasteiger partial charge in [0.15, 0.2) is 0 Å². The summed E-state index contributed by atoms with van der Waals surface area (Å²) < 4.78 is 5.27. The van der Waals surface area contributed by atoms with Crippen molar-refractivity contribution < 1.29 is 14.3 Å². The Morgan fingerprint density at radius 2 is 1.90 bits per heavy atom. The molecular weight excluding hydrogens is 441 g/mol. The quantitative estimate of drug-likeness (QED) is 0.450. The molecule has 3 rings (SSSR count). The topological polar surface area (TPSA) is 119 Å². The van der Waals surface area contributed by atoms with E-state index in [1.807, 2.05) is 6.92 Å². The molecule has 0 aliphatic heterocycles. The van der Waals surface area contributed by atoms with Gasteiger partial charge in [-0.15, -0.1) is 0 Å². The average Bonchev–Trinajstić information content (AvgIpc) is 2.76. The lowest BCUT2D eigenvalue weighted by atomic mass is 10.1. The van der Waals surface area contributed by atoms with Crippen molar-refractivity contribution in [3.05, 3.63) is 51.8 Å². The van der Waals surface area contributed by atoms with Gasteiger partial charge in [-0.05, 0) is 24.6 Å². The van der Waals surface area contributed by atoms with Crippen LogP contribution in [-0.2, 0) is 0 Å². The summed E-state index contributed by atoms with van der Waals surface area (Å²) in [6, 6.07) is 6.40. The van der Waals surface area contributed by atoms with Crippen molar-refractivity contribution >= 4 is 57.4 Å². The van der Waals surface area contributed by atoms with Gasteiger partial charge >= 0.3 is 0 Å². The number of methoxy groups -OCH3 is 1. The van der Waals surface area contributed by atoms with E-state index in [2.05, 4.69) is 20.6 Å². The fourth-order valence-corrected chi connectivity index (χ4v) is 3.59. The predicted octanol–water partition coefficient (Wildman–Crippen LogP) is 4.31. The number of fused-ring (bicyclic) bond motifs is 1. The molecule has 31 heavy (non-hydrogen) atoms. The molecule has 0 saturated heterocycles. The molecule has 10 heteroatoms. The van der Waals surface area contributed by atoms with E-state index in [0.29, 0.717) is 17.4 Å². The molecule has 1 heterocycles. The molecule has 0 radical (unpaired) electrons. The summed E-state index contributed by atoms with van der Waals surface area (Å²) in [4.78, 5) is 33.8. The smallest absolute Gasteiger partial charge is 0.257 e. The van der Waals surface area contributed by atoms with Crippen LogP contribution in [0.2, 0.25) is 10.0 Å². The highest BCUT2D eigenvalue weighted by Gasteiger charge is 2.23. The van der Waals surface area contributed by atoms with E-state index in [1.165, 1.54) is 19.5 Å². The Bertz CT molecular complexity index is 1150. The number of nitrogen functional groups attached to an aromatic ring is 1. The summed E-state index contributed by atoms with van der Waals surface area (Å²) in [7, 11) is 1.41. The number of benzene rings is 2. The summed E-state index contributed by atoms with van der Waals surface area (Å²) in [6.45, 7) is 2.51. The first kappa shape index (κ1) is 22.6. The Hall–Kier alpha value is -3.10. The van der Waals surface area contributed by atoms with E-state index in [4.69, 9.17) is 33.7 Å². The third-order valence-electron chi connectivity index (χ3n) is 4.63. The first-order valence-electron chi connectivity index (χ1n) is 9.53. The number of anilines is 2. The van der Waals surface area contributed by atoms with E-state index in [-0.39, 0.29) is 38.4 Å². The summed E-state index contributed by atoms with van der Waals surface area (Å²) in [5.41, 5.74) is 6.70. The van der Waals surface area contributed by atoms with Crippen molar-refractivity contribution in [2.75, 3.05) is 24.7 Å². The van der Waals surface area contributed by atoms with Crippen molar-refractivity contribution in [3.8, 4) is 5.75 Å². The van der Waals surface area contributed by atoms with Gasteiger partial charge in [-0.1, -0.05) is 42.6 Å². The lowest BCUT2D eigenvalue weighted by Crippen LogP contribution is -2.25. The molecule has 0 unspecified atom stereocenters. The minimum absolute atomic E-state index is 0.00234. The third-order valence-corrected chi connectivity index (χ3v) is 5.39. The van der Waals surface area contributed by atoms with Crippen molar-refractivity contribution in [1.29, 1.82) is 0 Å². The lowest BCUT2D eigenvalue weighted by Gasteiger charge is -2.16. The van der Waals surface area contributed by atoms with Crippen LogP contribution >= 0.6 is 23.2 Å². The number of para-hydroxylation sites is 1. The largest absolute Gasteiger partial charge is 0.495 e. The van der Waals surface area contributed by atoms with Gasteiger partial charge in [0, 0.05) is 11.9 Å². The summed E-state index contributed by atoms with van der Waals surface area (Å²) in [5, 5.41) is 6.08. The van der Waals surface area contributed by atoms with E-state index in [0.717, 1.165) is 12.8 Å². The molecule has 2 amide bonds. The summed E-state index contributed by atoms with van der Waals surface area (Å²) in [5.74, 6) is -0.470. The van der Waals surface area contributed by atoms with E-state index >= 15 is 0 Å². The fourth-order valence-electron chi connectivity index (χ4n) is 2.98. The number of unbranched alkanes of at least 4 members (excludes halogenated alkanes) is 1. The number of carbonyl (C=O) groups excluding carboxylic acids is 2. The molecule has 4 N–H and O–H groups in total. The number of ether oxygens (including phenoxy) is 1. The lowest BCUT2D eigenvalue weighted by molar-refractivity contribution is 0.0951. The number of carbonyl (C=O) groups is 2. The molecule has 0 bridgehead atoms. The van der Waals surface area contributed by atoms with Gasteiger partial charge in [0.2, 0.25) is 0 Å². The zero-order valence-corrected chi connectivity index (χ0v) is 18.5. The maximum atomic E-state index is 13.1. The molecular formula is C21H21Cl2N5O3. The Morgan fingerprint density at radius 1 is 1.13 bits per heavy atom. The van der Waals surface area contributed by atoms with Crippen molar-refractivity contribution in [3.63, 3.8) is 0 Å². The molecule has 0 spiro atoms. The normalized spacial score (nSPS) is 10.7. The van der Waals surface area contributed by atoms with Crippen LogP contribution in [0.15, 0.2) is 30.6 Å². The molecule has 0 aliphatic carbocycles. The van der Waals surface area contributed by atoms with E-state index in [1.54, 1.807) is 18.2 Å². The maximum absolute atomic E-state index is 13.1. The molecule has 0 fully saturated rings. The zero-order valence-electron chi connectivity index (χ0n) is 17.0. The number of nitrogens with two attached hydrogens (primary N) is 1. The number of aromatic nitrogens is 2. The fraction of sp³-hybridized carbons (Fsp3) is 0.238. The molecule has 0 aliphatic rings. The maximum Gasteiger partial charge on any atom is 0.257 e. The van der Waals surface area contributed by atoms with Crippen LogP contribution in [0.1, 0.15) is 40.5 Å². The Kier molecular flexibility index (Phi) is 7.14. The standard InChI is InChI=1S/C21H21Cl2N5O3/c1-3-4-8-25-20(29)13-9-14(31-2)16(23)18(15(13)22)28-21(30)12-7-5-6-11-17(12)26-10-27-19(11)24/h5-7,9-10H,3-4,8H2,1-2H3,(H,25,29)(H,28,30)(H2,24,26,27). The predicted molar refractivity (Wildman–Crippen MR) is 122 cm³/mol. The van der Waals surface area contributed by atoms with Crippen LogP contribution in [-0.4, -0.2) is 35.4 Å². The van der Waals surface area contributed by atoms with Crippen LogP contribution in [0.5, 0.6) is 5.75 Å². The Morgan fingerprint density at radius 3 is 2.61 bits per heavy atom. The van der Waals surface area contributed by atoms with Crippen LogP contribution in [0, 0.1) is 0 Å². The first-order valence-corrected chi connectivity index (χ1v) is 10.3. The average molecular weight is 462 g/mol. The second-order valence-corrected chi connectivity index (χ2v) is 7.41. The number of hydrogen-bond acceptors (Lipinski definition) is 6. The van der Waals surface area contributed by atoms with Crippen molar-refractivity contribution in [2.45, 2.75) is 19.8 Å². The molecule has 0 atom stereocenters. The zero-order chi connectivity index (χ0) is 22.5. The number of nitrogens with one attached hydrogen (secondary N) is 2. The molecule has 0 saturated carbocycles. The number of nitrogens with zero attached hydrogens (tertiary/aromatic N) is 2. The monoisotopic (exact) mass is 461 g/mol. The van der Waals surface area contributed by atoms with Crippen molar-refractivity contribution in [1.82, 2.24) is 15.3 Å². The number of amides is 2. The molecule has 1 aromatic heterocycles. The van der Waals surface area contributed by atoms with Crippen LogP contribution < -0.4 is 21.1 Å². The number of rotatable bonds is 7. The minimum Gasteiger partial charge on any atom is -0.495 e. The van der Waals surface area contributed by atoms with E-state index < -0.39 is 11.8 Å². The highest BCUT2D eigenvalue weighted by Crippen LogP contribution is 2.41. The molecule has 2 aromatic carbocycles. The highest BCUT2D eigenvalue weighted by molar-refractivity contribution is 6.43. The van der Waals surface area contributed by atoms with Crippen LogP contribution in [0.3, 0.4) is 0 Å². The second-order valence-electron chi connectivity index (χ2n) is 6.65. The third kappa shape index (κ3) is 4.65. The van der Waals surface area contributed by atoms with Crippen molar-refractivity contribution in [2.24, 2.45) is 0 Å². The molecule has 3 aromatic rings. The Labute approximate surface area is 189 Å². The summed E-state index contributed by atoms with van der Waals surface area (Å²) >= 11 is 12.9. The molecule has 162 valence electrons. The minimum atomic E-state index is -0.530. The Balaban J connectivity index is 2.01. The van der Waals surface area contributed by atoms with Gasteiger partial charge in [0.1, 0.15) is 22.9 Å². The number of hydrogen-bond donors (Lipinski definition) is 3. The highest BCUT2D eigenvalue weighted by atomic mass is 35.5. The van der Waals surface area contributed by atoms with E-state index in [9.17, 15) is 9.59 Å². The van der Waals surface area contributed by atoms with Crippen LogP contribution in [0.25, 0.3) is 10.9 Å².